The minimum Gasteiger partial charge on any atom is -0.463 e. The highest BCUT2D eigenvalue weighted by molar-refractivity contribution is 5.83. The van der Waals surface area contributed by atoms with E-state index in [2.05, 4.69) is 13.8 Å². The lowest BCUT2D eigenvalue weighted by Gasteiger charge is -2.60. The van der Waals surface area contributed by atoms with Gasteiger partial charge in [0.2, 0.25) is 0 Å². The second kappa shape index (κ2) is 7.63. The van der Waals surface area contributed by atoms with Crippen molar-refractivity contribution < 1.29 is 23.9 Å². The molecular weight excluding hydrogens is 380 g/mol. The third-order valence-corrected chi connectivity index (χ3v) is 9.75. The van der Waals surface area contributed by atoms with Crippen LogP contribution in [0.3, 0.4) is 0 Å². The highest BCUT2D eigenvalue weighted by Crippen LogP contribution is 2.67. The zero-order valence-corrected chi connectivity index (χ0v) is 19.2. The van der Waals surface area contributed by atoms with E-state index in [4.69, 9.17) is 9.47 Å². The number of esters is 2. The largest absolute Gasteiger partial charge is 0.463 e. The molecule has 0 amide bonds. The molecule has 4 saturated carbocycles. The van der Waals surface area contributed by atoms with Crippen LogP contribution in [0, 0.1) is 40.4 Å². The highest BCUT2D eigenvalue weighted by Gasteiger charge is 2.63. The highest BCUT2D eigenvalue weighted by atomic mass is 16.5. The topological polar surface area (TPSA) is 69.7 Å². The molecule has 30 heavy (non-hydrogen) atoms. The average molecular weight is 419 g/mol. The minimum absolute atomic E-state index is 0.0285. The van der Waals surface area contributed by atoms with Crippen molar-refractivity contribution in [2.75, 3.05) is 0 Å². The van der Waals surface area contributed by atoms with Crippen LogP contribution < -0.4 is 0 Å². The van der Waals surface area contributed by atoms with Crippen molar-refractivity contribution in [1.82, 2.24) is 0 Å². The predicted octanol–water partition coefficient (Wildman–Crippen LogP) is 4.71. The summed E-state index contributed by atoms with van der Waals surface area (Å²) >= 11 is 0. The molecule has 0 radical (unpaired) electrons. The van der Waals surface area contributed by atoms with E-state index < -0.39 is 0 Å². The lowest BCUT2D eigenvalue weighted by Crippen LogP contribution is -2.57. The molecule has 5 nitrogen and oxygen atoms in total. The minimum atomic E-state index is -0.212. The molecular formula is C25H38O5. The molecule has 4 rings (SSSR count). The van der Waals surface area contributed by atoms with Gasteiger partial charge in [0.15, 0.2) is 0 Å². The number of hydrogen-bond acceptors (Lipinski definition) is 5. The molecule has 0 N–H and O–H groups in total. The molecule has 0 heterocycles. The number of rotatable bonds is 3. The van der Waals surface area contributed by atoms with E-state index in [1.54, 1.807) is 0 Å². The van der Waals surface area contributed by atoms with Crippen molar-refractivity contribution in [2.24, 2.45) is 40.4 Å². The third kappa shape index (κ3) is 3.40. The van der Waals surface area contributed by atoms with Crippen molar-refractivity contribution in [3.63, 3.8) is 0 Å². The Balaban J connectivity index is 1.55. The average Bonchev–Trinajstić information content (AvgIpc) is 2.99. The van der Waals surface area contributed by atoms with Gasteiger partial charge in [-0.25, -0.2) is 0 Å². The predicted molar refractivity (Wildman–Crippen MR) is 112 cm³/mol. The summed E-state index contributed by atoms with van der Waals surface area (Å²) in [6, 6.07) is 0. The van der Waals surface area contributed by atoms with Crippen molar-refractivity contribution in [1.29, 1.82) is 0 Å². The molecule has 0 bridgehead atoms. The van der Waals surface area contributed by atoms with Crippen LogP contribution in [0.2, 0.25) is 0 Å². The van der Waals surface area contributed by atoms with Crippen LogP contribution in [0.4, 0.5) is 0 Å². The quantitative estimate of drug-likeness (QED) is 0.621. The van der Waals surface area contributed by atoms with Gasteiger partial charge in [-0.3, -0.25) is 14.4 Å². The number of carbonyl (C=O) groups excluding carboxylic acids is 3. The van der Waals surface area contributed by atoms with Crippen LogP contribution >= 0.6 is 0 Å². The van der Waals surface area contributed by atoms with Crippen LogP contribution in [0.1, 0.15) is 86.0 Å². The fourth-order valence-corrected chi connectivity index (χ4v) is 8.39. The van der Waals surface area contributed by atoms with E-state index in [9.17, 15) is 14.4 Å². The third-order valence-electron chi connectivity index (χ3n) is 9.75. The molecule has 5 heteroatoms. The van der Waals surface area contributed by atoms with Crippen LogP contribution in [0.5, 0.6) is 0 Å². The molecule has 1 unspecified atom stereocenters. The number of fused-ring (bicyclic) bond motifs is 5. The smallest absolute Gasteiger partial charge is 0.302 e. The monoisotopic (exact) mass is 418 g/mol. The SMILES string of the molecule is CC(=O)O[C@H]1CC[C@@]2(C)C(CC(=O)[C@H]3[C@@H]4CC[C@H]([C@@H](C)OC(C)=O)[C@@]4(C)CC[C@@H]32)C1. The van der Waals surface area contributed by atoms with Crippen LogP contribution in [0.25, 0.3) is 0 Å². The summed E-state index contributed by atoms with van der Waals surface area (Å²) in [6.07, 6.45) is 7.60. The number of hydrogen-bond donors (Lipinski definition) is 0. The maximum atomic E-state index is 13.5. The van der Waals surface area contributed by atoms with Gasteiger partial charge in [-0.05, 0) is 80.5 Å². The van der Waals surface area contributed by atoms with E-state index in [1.807, 2.05) is 6.92 Å². The van der Waals surface area contributed by atoms with Crippen LogP contribution in [-0.2, 0) is 23.9 Å². The van der Waals surface area contributed by atoms with Gasteiger partial charge in [0.1, 0.15) is 18.0 Å². The van der Waals surface area contributed by atoms with Gasteiger partial charge < -0.3 is 9.47 Å². The molecule has 9 atom stereocenters. The molecule has 0 aromatic carbocycles. The number of Topliss-reactive ketones (excluding diaryl/α,β-unsaturated/α-hetero) is 1. The molecule has 4 aliphatic carbocycles. The van der Waals surface area contributed by atoms with Gasteiger partial charge in [0.25, 0.3) is 0 Å². The summed E-state index contributed by atoms with van der Waals surface area (Å²) in [7, 11) is 0. The Labute approximate surface area is 180 Å². The lowest BCUT2D eigenvalue weighted by atomic mass is 9.44. The Morgan fingerprint density at radius 1 is 0.967 bits per heavy atom. The molecule has 168 valence electrons. The van der Waals surface area contributed by atoms with E-state index in [-0.39, 0.29) is 40.9 Å². The van der Waals surface area contributed by atoms with Gasteiger partial charge >= 0.3 is 11.9 Å². The molecule has 4 aliphatic rings. The van der Waals surface area contributed by atoms with E-state index >= 15 is 0 Å². The standard InChI is InChI=1S/C25H38O5/c1-14(29-15(2)26)19-6-7-20-23-21(9-11-25(19,20)5)24(4)10-8-18(30-16(3)27)12-17(24)13-22(23)28/h14,17-21,23H,6-13H2,1-5H3/t14-,17?,18+,19-,20+,21+,23+,24+,25-/m1/s1. The fraction of sp³-hybridized carbons (Fsp3) is 0.880. The summed E-state index contributed by atoms with van der Waals surface area (Å²) in [6.45, 7) is 9.75. The fourth-order valence-electron chi connectivity index (χ4n) is 8.39. The zero-order chi connectivity index (χ0) is 21.8. The Morgan fingerprint density at radius 2 is 1.63 bits per heavy atom. The summed E-state index contributed by atoms with van der Waals surface area (Å²) in [4.78, 5) is 36.5. The Morgan fingerprint density at radius 3 is 2.30 bits per heavy atom. The molecule has 4 fully saturated rings. The Hall–Kier alpha value is -1.39. The van der Waals surface area contributed by atoms with Crippen molar-refractivity contribution >= 4 is 17.7 Å². The zero-order valence-electron chi connectivity index (χ0n) is 19.2. The van der Waals surface area contributed by atoms with Crippen LogP contribution in [0.15, 0.2) is 0 Å². The van der Waals surface area contributed by atoms with E-state index in [0.29, 0.717) is 35.9 Å². The van der Waals surface area contributed by atoms with E-state index in [0.717, 1.165) is 44.9 Å². The summed E-state index contributed by atoms with van der Waals surface area (Å²) in [5, 5.41) is 0. The second-order valence-corrected chi connectivity index (χ2v) is 11.2. The number of ketones is 1. The van der Waals surface area contributed by atoms with E-state index in [1.165, 1.54) is 13.8 Å². The maximum absolute atomic E-state index is 13.5. The van der Waals surface area contributed by atoms with Gasteiger partial charge in [-0.2, -0.15) is 0 Å². The lowest BCUT2D eigenvalue weighted by molar-refractivity contribution is -0.171. The number of ether oxygens (including phenoxy) is 2. The first-order valence-corrected chi connectivity index (χ1v) is 11.9. The normalized spacial score (nSPS) is 46.2. The second-order valence-electron chi connectivity index (χ2n) is 11.2. The van der Waals surface area contributed by atoms with Crippen molar-refractivity contribution in [2.45, 2.75) is 98.2 Å². The van der Waals surface area contributed by atoms with Gasteiger partial charge in [-0.15, -0.1) is 0 Å². The van der Waals surface area contributed by atoms with Crippen LogP contribution in [-0.4, -0.2) is 29.9 Å². The summed E-state index contributed by atoms with van der Waals surface area (Å²) in [5.74, 6) is 1.65. The molecule has 0 aromatic heterocycles. The van der Waals surface area contributed by atoms with Gasteiger partial charge in [-0.1, -0.05) is 13.8 Å². The number of carbonyl (C=O) groups is 3. The summed E-state index contributed by atoms with van der Waals surface area (Å²) in [5.41, 5.74) is 0.236. The van der Waals surface area contributed by atoms with Gasteiger partial charge in [0.05, 0.1) is 0 Å². The molecule has 0 aliphatic heterocycles. The van der Waals surface area contributed by atoms with Crippen molar-refractivity contribution in [3.05, 3.63) is 0 Å². The molecule has 0 aromatic rings. The maximum Gasteiger partial charge on any atom is 0.302 e. The summed E-state index contributed by atoms with van der Waals surface area (Å²) < 4.78 is 11.1. The Bertz CT molecular complexity index is 731. The molecule has 0 spiro atoms. The molecule has 0 saturated heterocycles. The van der Waals surface area contributed by atoms with Crippen molar-refractivity contribution in [3.8, 4) is 0 Å². The first-order chi connectivity index (χ1) is 14.1. The first kappa shape index (κ1) is 21.8. The Kier molecular flexibility index (Phi) is 5.55. The van der Waals surface area contributed by atoms with Gasteiger partial charge in [0, 0.05) is 32.1 Å². The first-order valence-electron chi connectivity index (χ1n) is 11.9.